The molecule has 0 bridgehead atoms. The van der Waals surface area contributed by atoms with E-state index in [1.165, 1.54) is 6.42 Å². The molecular formula is C18H24ClN3O2. The second-order valence-corrected chi connectivity index (χ2v) is 6.99. The van der Waals surface area contributed by atoms with E-state index in [-0.39, 0.29) is 17.7 Å². The smallest absolute Gasteiger partial charge is 0.255 e. The van der Waals surface area contributed by atoms with Gasteiger partial charge in [-0.25, -0.2) is 0 Å². The van der Waals surface area contributed by atoms with Crippen LogP contribution < -0.4 is 10.6 Å². The Kier molecular flexibility index (Phi) is 5.74. The van der Waals surface area contributed by atoms with Crippen molar-refractivity contribution in [1.82, 2.24) is 10.2 Å². The highest BCUT2D eigenvalue weighted by Gasteiger charge is 2.23. The zero-order valence-corrected chi connectivity index (χ0v) is 14.6. The molecule has 24 heavy (non-hydrogen) atoms. The lowest BCUT2D eigenvalue weighted by molar-refractivity contribution is -0.120. The van der Waals surface area contributed by atoms with E-state index in [1.54, 1.807) is 18.2 Å². The highest BCUT2D eigenvalue weighted by atomic mass is 35.5. The van der Waals surface area contributed by atoms with E-state index in [0.717, 1.165) is 45.3 Å². The molecule has 2 aliphatic heterocycles. The summed E-state index contributed by atoms with van der Waals surface area (Å²) in [5.74, 6) is -0.0189. The minimum Gasteiger partial charge on any atom is -0.339 e. The number of anilines is 1. The van der Waals surface area contributed by atoms with Crippen molar-refractivity contribution >= 4 is 29.1 Å². The van der Waals surface area contributed by atoms with Crippen molar-refractivity contribution in [3.8, 4) is 0 Å². The molecule has 2 N–H and O–H groups in total. The van der Waals surface area contributed by atoms with Gasteiger partial charge in [0.05, 0.1) is 16.5 Å². The topological polar surface area (TPSA) is 61.4 Å². The average Bonchev–Trinajstić information content (AvgIpc) is 2.63. The van der Waals surface area contributed by atoms with Crippen molar-refractivity contribution in [2.24, 2.45) is 5.92 Å². The number of hydrogen-bond donors (Lipinski definition) is 2. The monoisotopic (exact) mass is 349 g/mol. The summed E-state index contributed by atoms with van der Waals surface area (Å²) in [6.07, 6.45) is 5.19. The number of benzene rings is 1. The zero-order chi connectivity index (χ0) is 16.9. The summed E-state index contributed by atoms with van der Waals surface area (Å²) in [7, 11) is 0. The maximum Gasteiger partial charge on any atom is 0.255 e. The van der Waals surface area contributed by atoms with Crippen molar-refractivity contribution in [2.75, 3.05) is 31.5 Å². The molecule has 130 valence electrons. The van der Waals surface area contributed by atoms with Gasteiger partial charge in [-0.2, -0.15) is 0 Å². The lowest BCUT2D eigenvalue weighted by Gasteiger charge is -2.27. The molecule has 2 amide bonds. The summed E-state index contributed by atoms with van der Waals surface area (Å²) in [6, 6.07) is 5.15. The molecule has 0 saturated carbocycles. The van der Waals surface area contributed by atoms with Crippen LogP contribution in [-0.2, 0) is 4.79 Å². The lowest BCUT2D eigenvalue weighted by Crippen LogP contribution is -2.37. The third-order valence-electron chi connectivity index (χ3n) is 4.78. The highest BCUT2D eigenvalue weighted by molar-refractivity contribution is 6.34. The van der Waals surface area contributed by atoms with E-state index in [9.17, 15) is 9.59 Å². The van der Waals surface area contributed by atoms with Gasteiger partial charge in [0.1, 0.15) is 0 Å². The third-order valence-corrected chi connectivity index (χ3v) is 5.09. The number of hydrogen-bond acceptors (Lipinski definition) is 3. The summed E-state index contributed by atoms with van der Waals surface area (Å²) >= 11 is 6.30. The number of rotatable bonds is 3. The zero-order valence-electron chi connectivity index (χ0n) is 13.8. The maximum absolute atomic E-state index is 12.5. The molecule has 1 aromatic rings. The normalized spacial score (nSPS) is 21.4. The first kappa shape index (κ1) is 17.2. The molecule has 2 heterocycles. The first-order valence-electron chi connectivity index (χ1n) is 8.75. The predicted octanol–water partition coefficient (Wildman–Crippen LogP) is 2.90. The predicted molar refractivity (Wildman–Crippen MR) is 95.4 cm³/mol. The number of carbonyl (C=O) groups is 2. The molecular weight excluding hydrogens is 326 g/mol. The van der Waals surface area contributed by atoms with Crippen LogP contribution in [-0.4, -0.2) is 42.9 Å². The van der Waals surface area contributed by atoms with E-state index >= 15 is 0 Å². The van der Waals surface area contributed by atoms with Crippen LogP contribution in [0.15, 0.2) is 18.2 Å². The molecule has 6 heteroatoms. The van der Waals surface area contributed by atoms with Crippen LogP contribution in [0.4, 0.5) is 5.69 Å². The Balaban J connectivity index is 1.65. The first-order valence-corrected chi connectivity index (χ1v) is 9.13. The van der Waals surface area contributed by atoms with Gasteiger partial charge in [-0.1, -0.05) is 11.6 Å². The SMILES string of the molecule is O=C(Nc1ccc(C(=O)N2CCCCC2)c(Cl)c1)C1CCCNC1. The standard InChI is InChI=1S/C18H24ClN3O2/c19-16-11-14(21-17(23)13-5-4-8-20-12-13)6-7-15(16)18(24)22-9-2-1-3-10-22/h6-7,11,13,20H,1-5,8-10,12H2,(H,21,23). The van der Waals surface area contributed by atoms with Gasteiger partial charge in [0.25, 0.3) is 5.91 Å². The molecule has 0 aromatic heterocycles. The Bertz CT molecular complexity index is 608. The van der Waals surface area contributed by atoms with E-state index in [0.29, 0.717) is 22.8 Å². The van der Waals surface area contributed by atoms with Gasteiger partial charge in [0, 0.05) is 25.3 Å². The van der Waals surface area contributed by atoms with Crippen molar-refractivity contribution in [1.29, 1.82) is 0 Å². The molecule has 2 aliphatic rings. The van der Waals surface area contributed by atoms with Crippen LogP contribution >= 0.6 is 11.6 Å². The van der Waals surface area contributed by atoms with Gasteiger partial charge in [-0.3, -0.25) is 9.59 Å². The van der Waals surface area contributed by atoms with Crippen LogP contribution in [0.5, 0.6) is 0 Å². The van der Waals surface area contributed by atoms with Crippen LogP contribution in [0.2, 0.25) is 5.02 Å². The molecule has 2 saturated heterocycles. The molecule has 0 radical (unpaired) electrons. The second-order valence-electron chi connectivity index (χ2n) is 6.58. The first-order chi connectivity index (χ1) is 11.6. The molecule has 3 rings (SSSR count). The van der Waals surface area contributed by atoms with E-state index in [4.69, 9.17) is 11.6 Å². The van der Waals surface area contributed by atoms with Crippen molar-refractivity contribution in [2.45, 2.75) is 32.1 Å². The summed E-state index contributed by atoms with van der Waals surface area (Å²) in [4.78, 5) is 26.7. The fourth-order valence-electron chi connectivity index (χ4n) is 3.35. The lowest BCUT2D eigenvalue weighted by atomic mass is 9.99. The fourth-order valence-corrected chi connectivity index (χ4v) is 3.61. The Morgan fingerprint density at radius 3 is 2.62 bits per heavy atom. The number of amides is 2. The number of carbonyl (C=O) groups excluding carboxylic acids is 2. The third kappa shape index (κ3) is 4.08. The largest absolute Gasteiger partial charge is 0.339 e. The van der Waals surface area contributed by atoms with Gasteiger partial charge < -0.3 is 15.5 Å². The Labute approximate surface area is 147 Å². The second kappa shape index (κ2) is 7.99. The minimum atomic E-state index is -0.0194. The summed E-state index contributed by atoms with van der Waals surface area (Å²) in [5, 5.41) is 6.54. The van der Waals surface area contributed by atoms with Crippen LogP contribution in [0, 0.1) is 5.92 Å². The summed E-state index contributed by atoms with van der Waals surface area (Å²) in [6.45, 7) is 3.28. The van der Waals surface area contributed by atoms with Crippen LogP contribution in [0.1, 0.15) is 42.5 Å². The van der Waals surface area contributed by atoms with Gasteiger partial charge in [0.2, 0.25) is 5.91 Å². The summed E-state index contributed by atoms with van der Waals surface area (Å²) in [5.41, 5.74) is 1.15. The Hall–Kier alpha value is -1.59. The summed E-state index contributed by atoms with van der Waals surface area (Å²) < 4.78 is 0. The van der Waals surface area contributed by atoms with Crippen molar-refractivity contribution < 1.29 is 9.59 Å². The minimum absolute atomic E-state index is 0.00724. The Morgan fingerprint density at radius 2 is 1.96 bits per heavy atom. The number of nitrogens with zero attached hydrogens (tertiary/aromatic N) is 1. The number of likely N-dealkylation sites (tertiary alicyclic amines) is 1. The maximum atomic E-state index is 12.5. The molecule has 1 aromatic carbocycles. The number of halogens is 1. The van der Waals surface area contributed by atoms with Crippen LogP contribution in [0.25, 0.3) is 0 Å². The van der Waals surface area contributed by atoms with E-state index in [1.807, 2.05) is 4.90 Å². The molecule has 0 aliphatic carbocycles. The van der Waals surface area contributed by atoms with Gasteiger partial charge in [-0.05, 0) is 56.8 Å². The fraction of sp³-hybridized carbons (Fsp3) is 0.556. The number of nitrogens with one attached hydrogen (secondary N) is 2. The van der Waals surface area contributed by atoms with Crippen LogP contribution in [0.3, 0.4) is 0 Å². The highest BCUT2D eigenvalue weighted by Crippen LogP contribution is 2.24. The van der Waals surface area contributed by atoms with Gasteiger partial charge in [0.15, 0.2) is 0 Å². The van der Waals surface area contributed by atoms with E-state index in [2.05, 4.69) is 10.6 Å². The molecule has 1 unspecified atom stereocenters. The van der Waals surface area contributed by atoms with Gasteiger partial charge >= 0.3 is 0 Å². The van der Waals surface area contributed by atoms with Gasteiger partial charge in [-0.15, -0.1) is 0 Å². The number of piperidine rings is 2. The van der Waals surface area contributed by atoms with Crippen molar-refractivity contribution in [3.05, 3.63) is 28.8 Å². The van der Waals surface area contributed by atoms with E-state index < -0.39 is 0 Å². The molecule has 5 nitrogen and oxygen atoms in total. The Morgan fingerprint density at radius 1 is 1.17 bits per heavy atom. The molecule has 1 atom stereocenters. The molecule has 0 spiro atoms. The average molecular weight is 350 g/mol. The quantitative estimate of drug-likeness (QED) is 0.882. The molecule has 2 fully saturated rings. The van der Waals surface area contributed by atoms with Crippen molar-refractivity contribution in [3.63, 3.8) is 0 Å².